The van der Waals surface area contributed by atoms with Gasteiger partial charge >= 0.3 is 0 Å². The zero-order valence-electron chi connectivity index (χ0n) is 6.65. The zero-order chi connectivity index (χ0) is 7.56. The molecule has 0 aliphatic carbocycles. The molecule has 0 spiro atoms. The van der Waals surface area contributed by atoms with Crippen LogP contribution in [0.3, 0.4) is 0 Å². The smallest absolute Gasteiger partial charge is 0.0999 e. The fourth-order valence-corrected chi connectivity index (χ4v) is 1.08. The molecule has 0 unspecified atom stereocenters. The van der Waals surface area contributed by atoms with Crippen molar-refractivity contribution in [2.45, 2.75) is 20.4 Å². The lowest BCUT2D eigenvalue weighted by molar-refractivity contribution is -0.386. The van der Waals surface area contributed by atoms with E-state index in [1.807, 2.05) is 0 Å². The van der Waals surface area contributed by atoms with Crippen LogP contribution in [0.4, 0.5) is 0 Å². The van der Waals surface area contributed by atoms with Gasteiger partial charge in [-0.2, -0.15) is 0 Å². The first-order chi connectivity index (χ1) is 4.75. The predicted octanol–water partition coefficient (Wildman–Crippen LogP) is 1.05. The largest absolute Gasteiger partial charge is 0.354 e. The molecule has 0 aromatic heterocycles. The molecule has 54 valence electrons. The van der Waals surface area contributed by atoms with Gasteiger partial charge in [-0.1, -0.05) is 18.2 Å². The summed E-state index contributed by atoms with van der Waals surface area (Å²) in [6.07, 6.45) is 0. The first-order valence-corrected chi connectivity index (χ1v) is 3.60. The molecule has 0 radical (unpaired) electrons. The minimum absolute atomic E-state index is 0.896. The summed E-state index contributed by atoms with van der Waals surface area (Å²) in [4.78, 5) is 0. The molecule has 0 saturated heterocycles. The molecule has 0 heterocycles. The van der Waals surface area contributed by atoms with Crippen LogP contribution in [0.2, 0.25) is 0 Å². The van der Waals surface area contributed by atoms with Crippen molar-refractivity contribution in [3.63, 3.8) is 0 Å². The van der Waals surface area contributed by atoms with Crippen LogP contribution in [0.15, 0.2) is 18.2 Å². The Bertz CT molecular complexity index is 228. The van der Waals surface area contributed by atoms with E-state index in [4.69, 9.17) is 0 Å². The van der Waals surface area contributed by atoms with E-state index in [1.54, 1.807) is 0 Å². The van der Waals surface area contributed by atoms with E-state index in [0.717, 1.165) is 6.54 Å². The molecule has 1 heteroatoms. The third kappa shape index (κ3) is 1.19. The number of hydrogen-bond acceptors (Lipinski definition) is 0. The molecule has 0 saturated carbocycles. The van der Waals surface area contributed by atoms with Gasteiger partial charge in [0.2, 0.25) is 0 Å². The van der Waals surface area contributed by atoms with Gasteiger partial charge in [-0.25, -0.2) is 0 Å². The molecule has 1 nitrogen and oxygen atoms in total. The molecule has 0 aliphatic heterocycles. The average molecular weight is 136 g/mol. The predicted molar refractivity (Wildman–Crippen MR) is 42.5 cm³/mol. The molecular weight excluding hydrogens is 122 g/mol. The summed E-state index contributed by atoms with van der Waals surface area (Å²) in [6, 6.07) is 6.35. The molecule has 0 atom stereocenters. The zero-order valence-corrected chi connectivity index (χ0v) is 6.65. The lowest BCUT2D eigenvalue weighted by Crippen LogP contribution is -2.47. The lowest BCUT2D eigenvalue weighted by atomic mass is 10.0. The monoisotopic (exact) mass is 136 g/mol. The Morgan fingerprint density at radius 1 is 1.30 bits per heavy atom. The Hall–Kier alpha value is -0.820. The van der Waals surface area contributed by atoms with Crippen LogP contribution in [0.1, 0.15) is 16.7 Å². The van der Waals surface area contributed by atoms with Gasteiger partial charge in [-0.05, 0) is 25.0 Å². The van der Waals surface area contributed by atoms with Crippen molar-refractivity contribution in [2.75, 3.05) is 0 Å². The van der Waals surface area contributed by atoms with Gasteiger partial charge in [0.1, 0.15) is 0 Å². The second kappa shape index (κ2) is 2.84. The van der Waals surface area contributed by atoms with Crippen molar-refractivity contribution in [3.05, 3.63) is 34.9 Å². The highest BCUT2D eigenvalue weighted by Gasteiger charge is 1.97. The van der Waals surface area contributed by atoms with Crippen LogP contribution in [-0.4, -0.2) is 0 Å². The highest BCUT2D eigenvalue weighted by atomic mass is 14.5. The standard InChI is InChI=1S/C9H13N/c1-7-4-3-5-9(6-10)8(7)2/h3-5H,6,10H2,1-2H3/p+1. The number of hydrogen-bond donors (Lipinski definition) is 1. The highest BCUT2D eigenvalue weighted by molar-refractivity contribution is 5.32. The lowest BCUT2D eigenvalue weighted by Gasteiger charge is -2.02. The summed E-state index contributed by atoms with van der Waals surface area (Å²) in [6.45, 7) is 5.18. The quantitative estimate of drug-likeness (QED) is 0.597. The molecular formula is C9H14N+. The number of benzene rings is 1. The molecule has 3 N–H and O–H groups in total. The average Bonchev–Trinajstić information content (AvgIpc) is 1.95. The van der Waals surface area contributed by atoms with E-state index < -0.39 is 0 Å². The van der Waals surface area contributed by atoms with Gasteiger partial charge in [0.15, 0.2) is 0 Å². The van der Waals surface area contributed by atoms with Gasteiger partial charge in [-0.15, -0.1) is 0 Å². The molecule has 0 bridgehead atoms. The molecule has 10 heavy (non-hydrogen) atoms. The van der Waals surface area contributed by atoms with Gasteiger partial charge in [-0.3, -0.25) is 0 Å². The molecule has 0 aliphatic rings. The molecule has 1 aromatic carbocycles. The second-order valence-corrected chi connectivity index (χ2v) is 2.61. The summed E-state index contributed by atoms with van der Waals surface area (Å²) < 4.78 is 0. The summed E-state index contributed by atoms with van der Waals surface area (Å²) in [5.41, 5.74) is 7.97. The van der Waals surface area contributed by atoms with Gasteiger partial charge in [0.05, 0.1) is 6.54 Å². The van der Waals surface area contributed by atoms with E-state index in [2.05, 4.69) is 37.8 Å². The SMILES string of the molecule is Cc1cccc(C[NH3+])c1C. The maximum Gasteiger partial charge on any atom is 0.0999 e. The van der Waals surface area contributed by atoms with Gasteiger partial charge < -0.3 is 5.73 Å². The summed E-state index contributed by atoms with van der Waals surface area (Å²) >= 11 is 0. The van der Waals surface area contributed by atoms with Gasteiger partial charge in [0.25, 0.3) is 0 Å². The number of quaternary nitrogens is 1. The fourth-order valence-electron chi connectivity index (χ4n) is 1.08. The van der Waals surface area contributed by atoms with Crippen LogP contribution in [0.25, 0.3) is 0 Å². The van der Waals surface area contributed by atoms with Crippen molar-refractivity contribution in [1.29, 1.82) is 0 Å². The Morgan fingerprint density at radius 2 is 2.00 bits per heavy atom. The molecule has 0 amide bonds. The van der Waals surface area contributed by atoms with Crippen molar-refractivity contribution in [1.82, 2.24) is 0 Å². The van der Waals surface area contributed by atoms with Crippen molar-refractivity contribution in [2.24, 2.45) is 0 Å². The normalized spacial score (nSPS) is 9.90. The highest BCUT2D eigenvalue weighted by Crippen LogP contribution is 2.10. The number of rotatable bonds is 1. The first-order valence-electron chi connectivity index (χ1n) is 3.60. The number of aryl methyl sites for hydroxylation is 1. The molecule has 1 aromatic rings. The topological polar surface area (TPSA) is 27.6 Å². The Balaban J connectivity index is 3.14. The Kier molecular flexibility index (Phi) is 2.07. The molecule has 0 fully saturated rings. The second-order valence-electron chi connectivity index (χ2n) is 2.61. The van der Waals surface area contributed by atoms with Crippen LogP contribution in [0, 0.1) is 13.8 Å². The van der Waals surface area contributed by atoms with Crippen molar-refractivity contribution < 1.29 is 5.73 Å². The Labute approximate surface area is 61.9 Å². The summed E-state index contributed by atoms with van der Waals surface area (Å²) in [7, 11) is 0. The van der Waals surface area contributed by atoms with Crippen molar-refractivity contribution in [3.8, 4) is 0 Å². The summed E-state index contributed by atoms with van der Waals surface area (Å²) in [5, 5.41) is 0. The maximum absolute atomic E-state index is 3.86. The van der Waals surface area contributed by atoms with E-state index in [0.29, 0.717) is 0 Å². The maximum atomic E-state index is 3.86. The minimum atomic E-state index is 0.896. The third-order valence-electron chi connectivity index (χ3n) is 1.99. The third-order valence-corrected chi connectivity index (χ3v) is 1.99. The minimum Gasteiger partial charge on any atom is -0.354 e. The summed E-state index contributed by atoms with van der Waals surface area (Å²) in [5.74, 6) is 0. The van der Waals surface area contributed by atoms with Crippen LogP contribution in [-0.2, 0) is 6.54 Å². The molecule has 1 rings (SSSR count). The van der Waals surface area contributed by atoms with Crippen molar-refractivity contribution >= 4 is 0 Å². The first kappa shape index (κ1) is 7.29. The fraction of sp³-hybridized carbons (Fsp3) is 0.333. The van der Waals surface area contributed by atoms with Crippen LogP contribution >= 0.6 is 0 Å². The van der Waals surface area contributed by atoms with E-state index in [-0.39, 0.29) is 0 Å². The van der Waals surface area contributed by atoms with Crippen LogP contribution in [0.5, 0.6) is 0 Å². The Morgan fingerprint density at radius 3 is 2.50 bits per heavy atom. The van der Waals surface area contributed by atoms with Crippen LogP contribution < -0.4 is 5.73 Å². The van der Waals surface area contributed by atoms with E-state index in [1.165, 1.54) is 16.7 Å². The van der Waals surface area contributed by atoms with E-state index in [9.17, 15) is 0 Å². The van der Waals surface area contributed by atoms with Gasteiger partial charge in [0, 0.05) is 5.56 Å². The van der Waals surface area contributed by atoms with E-state index >= 15 is 0 Å².